The Hall–Kier alpha value is -2.00. The highest BCUT2D eigenvalue weighted by Gasteiger charge is 2.12. The molecule has 0 amide bonds. The third kappa shape index (κ3) is 2.42. The molecule has 94 valence electrons. The summed E-state index contributed by atoms with van der Waals surface area (Å²) in [6.07, 6.45) is 0. The molecule has 0 aliphatic rings. The molecule has 0 radical (unpaired) electrons. The molecule has 0 N–H and O–H groups in total. The van der Waals surface area contributed by atoms with Crippen LogP contribution in [0.5, 0.6) is 0 Å². The highest BCUT2D eigenvalue weighted by atomic mass is 32.1. The van der Waals surface area contributed by atoms with Crippen LogP contribution in [0, 0.1) is 6.92 Å². The first-order valence-corrected chi connectivity index (χ1v) is 6.51. The van der Waals surface area contributed by atoms with Crippen LogP contribution in [0.15, 0.2) is 63.9 Å². The van der Waals surface area contributed by atoms with E-state index < -0.39 is 0 Å². The Bertz CT molecular complexity index is 687. The second-order valence-electron chi connectivity index (χ2n) is 4.34. The van der Waals surface area contributed by atoms with Crippen molar-refractivity contribution in [3.05, 3.63) is 60.4 Å². The summed E-state index contributed by atoms with van der Waals surface area (Å²) in [5.41, 5.74) is 2.93. The first-order chi connectivity index (χ1) is 9.24. The third-order valence-electron chi connectivity index (χ3n) is 2.96. The van der Waals surface area contributed by atoms with E-state index >= 15 is 0 Å². The summed E-state index contributed by atoms with van der Waals surface area (Å²) >= 11 is 4.28. The fourth-order valence-corrected chi connectivity index (χ4v) is 2.14. The zero-order valence-electron chi connectivity index (χ0n) is 10.5. The van der Waals surface area contributed by atoms with Crippen molar-refractivity contribution in [3.8, 4) is 22.7 Å². The lowest BCUT2D eigenvalue weighted by Gasteiger charge is -1.95. The van der Waals surface area contributed by atoms with Gasteiger partial charge in [0.1, 0.15) is 11.5 Å². The van der Waals surface area contributed by atoms with E-state index in [2.05, 4.69) is 17.6 Å². The molecule has 0 fully saturated rings. The molecule has 2 nitrogen and oxygen atoms in total. The minimum absolute atomic E-state index is 0.643. The molecule has 2 aromatic carbocycles. The molecule has 1 aromatic heterocycles. The van der Waals surface area contributed by atoms with E-state index in [-0.39, 0.29) is 0 Å². The normalized spacial score (nSPS) is 10.6. The molecule has 0 spiro atoms. The molecule has 19 heavy (non-hydrogen) atoms. The number of rotatable bonds is 2. The van der Waals surface area contributed by atoms with Gasteiger partial charge < -0.3 is 4.42 Å². The van der Waals surface area contributed by atoms with Crippen LogP contribution in [0.25, 0.3) is 22.7 Å². The van der Waals surface area contributed by atoms with Gasteiger partial charge in [-0.15, -0.1) is 12.6 Å². The largest absolute Gasteiger partial charge is 0.441 e. The number of aromatic nitrogens is 1. The molecule has 0 aliphatic heterocycles. The highest BCUT2D eigenvalue weighted by Crippen LogP contribution is 2.28. The van der Waals surface area contributed by atoms with E-state index in [1.54, 1.807) is 0 Å². The lowest BCUT2D eigenvalue weighted by atomic mass is 10.1. The molecule has 0 bridgehead atoms. The van der Waals surface area contributed by atoms with Gasteiger partial charge in [-0.2, -0.15) is 0 Å². The number of benzene rings is 2. The van der Waals surface area contributed by atoms with Gasteiger partial charge in [-0.3, -0.25) is 0 Å². The summed E-state index contributed by atoms with van der Waals surface area (Å²) in [6, 6.07) is 17.8. The van der Waals surface area contributed by atoms with Gasteiger partial charge in [-0.1, -0.05) is 30.3 Å². The molecule has 0 saturated carbocycles. The standard InChI is InChI=1S/C16H13NOS/c1-11-15(12-5-3-2-4-6-12)17-16(18-11)13-7-9-14(19)10-8-13/h2-10,19H,1H3. The maximum atomic E-state index is 5.76. The zero-order valence-corrected chi connectivity index (χ0v) is 11.4. The lowest BCUT2D eigenvalue weighted by Crippen LogP contribution is -1.80. The Morgan fingerprint density at radius 2 is 1.58 bits per heavy atom. The summed E-state index contributed by atoms with van der Waals surface area (Å²) in [6.45, 7) is 1.94. The maximum absolute atomic E-state index is 5.76. The smallest absolute Gasteiger partial charge is 0.226 e. The Balaban J connectivity index is 2.04. The van der Waals surface area contributed by atoms with E-state index in [0.29, 0.717) is 5.89 Å². The second kappa shape index (κ2) is 4.94. The summed E-state index contributed by atoms with van der Waals surface area (Å²) in [5, 5.41) is 0. The summed E-state index contributed by atoms with van der Waals surface area (Å²) in [4.78, 5) is 5.51. The quantitative estimate of drug-likeness (QED) is 0.686. The molecule has 0 saturated heterocycles. The second-order valence-corrected chi connectivity index (χ2v) is 4.85. The molecule has 3 aromatic rings. The van der Waals surface area contributed by atoms with Gasteiger partial charge in [-0.25, -0.2) is 4.98 Å². The van der Waals surface area contributed by atoms with Crippen molar-refractivity contribution in [1.82, 2.24) is 4.98 Å². The Labute approximate surface area is 117 Å². The van der Waals surface area contributed by atoms with Gasteiger partial charge in [0.05, 0.1) is 0 Å². The number of aryl methyl sites for hydroxylation is 1. The summed E-state index contributed by atoms with van der Waals surface area (Å²) < 4.78 is 5.76. The molecule has 1 heterocycles. The van der Waals surface area contributed by atoms with Crippen LogP contribution in [0.2, 0.25) is 0 Å². The number of oxazole rings is 1. The first-order valence-electron chi connectivity index (χ1n) is 6.06. The van der Waals surface area contributed by atoms with Crippen molar-refractivity contribution < 1.29 is 4.42 Å². The van der Waals surface area contributed by atoms with E-state index in [1.165, 1.54) is 0 Å². The number of nitrogens with zero attached hydrogens (tertiary/aromatic N) is 1. The average molecular weight is 267 g/mol. The van der Waals surface area contributed by atoms with Crippen molar-refractivity contribution in [1.29, 1.82) is 0 Å². The third-order valence-corrected chi connectivity index (χ3v) is 3.26. The summed E-state index contributed by atoms with van der Waals surface area (Å²) in [5.74, 6) is 1.47. The van der Waals surface area contributed by atoms with E-state index in [1.807, 2.05) is 61.5 Å². The molecular weight excluding hydrogens is 254 g/mol. The number of hydrogen-bond acceptors (Lipinski definition) is 3. The fraction of sp³-hybridized carbons (Fsp3) is 0.0625. The predicted octanol–water partition coefficient (Wildman–Crippen LogP) is 4.61. The molecular formula is C16H13NOS. The average Bonchev–Trinajstić information content (AvgIpc) is 2.83. The van der Waals surface area contributed by atoms with Crippen LogP contribution < -0.4 is 0 Å². The topological polar surface area (TPSA) is 26.0 Å². The molecule has 0 atom stereocenters. The van der Waals surface area contributed by atoms with Gasteiger partial charge in [0.2, 0.25) is 5.89 Å². The molecule has 0 aliphatic carbocycles. The summed E-state index contributed by atoms with van der Waals surface area (Å²) in [7, 11) is 0. The SMILES string of the molecule is Cc1oc(-c2ccc(S)cc2)nc1-c1ccccc1. The van der Waals surface area contributed by atoms with Crippen LogP contribution in [0.4, 0.5) is 0 Å². The molecule has 0 unspecified atom stereocenters. The monoisotopic (exact) mass is 267 g/mol. The van der Waals surface area contributed by atoms with Crippen molar-refractivity contribution >= 4 is 12.6 Å². The van der Waals surface area contributed by atoms with Gasteiger partial charge >= 0.3 is 0 Å². The zero-order chi connectivity index (χ0) is 13.2. The Morgan fingerprint density at radius 1 is 0.895 bits per heavy atom. The van der Waals surface area contributed by atoms with Crippen LogP contribution in [-0.2, 0) is 0 Å². The Kier molecular flexibility index (Phi) is 3.13. The van der Waals surface area contributed by atoms with E-state index in [9.17, 15) is 0 Å². The number of hydrogen-bond donors (Lipinski definition) is 1. The van der Waals surface area contributed by atoms with Crippen LogP contribution in [-0.4, -0.2) is 4.98 Å². The van der Waals surface area contributed by atoms with E-state index in [0.717, 1.165) is 27.5 Å². The number of thiol groups is 1. The Morgan fingerprint density at radius 3 is 2.26 bits per heavy atom. The van der Waals surface area contributed by atoms with Gasteiger partial charge in [0, 0.05) is 16.0 Å². The van der Waals surface area contributed by atoms with Crippen molar-refractivity contribution in [2.45, 2.75) is 11.8 Å². The fourth-order valence-electron chi connectivity index (χ4n) is 1.99. The van der Waals surface area contributed by atoms with Gasteiger partial charge in [0.15, 0.2) is 0 Å². The van der Waals surface area contributed by atoms with Crippen LogP contribution in [0.3, 0.4) is 0 Å². The maximum Gasteiger partial charge on any atom is 0.226 e. The van der Waals surface area contributed by atoms with Gasteiger partial charge in [-0.05, 0) is 31.2 Å². The van der Waals surface area contributed by atoms with Crippen LogP contribution in [0.1, 0.15) is 5.76 Å². The van der Waals surface area contributed by atoms with Crippen molar-refractivity contribution in [2.75, 3.05) is 0 Å². The molecule has 3 heteroatoms. The van der Waals surface area contributed by atoms with Crippen LogP contribution >= 0.6 is 12.6 Å². The molecule has 3 rings (SSSR count). The van der Waals surface area contributed by atoms with Gasteiger partial charge in [0.25, 0.3) is 0 Å². The highest BCUT2D eigenvalue weighted by molar-refractivity contribution is 7.80. The minimum atomic E-state index is 0.643. The predicted molar refractivity (Wildman–Crippen MR) is 79.4 cm³/mol. The lowest BCUT2D eigenvalue weighted by molar-refractivity contribution is 0.543. The van der Waals surface area contributed by atoms with Crippen molar-refractivity contribution in [2.24, 2.45) is 0 Å². The van der Waals surface area contributed by atoms with Crippen molar-refractivity contribution in [3.63, 3.8) is 0 Å². The first kappa shape index (κ1) is 12.1. The van der Waals surface area contributed by atoms with E-state index in [4.69, 9.17) is 4.42 Å². The minimum Gasteiger partial charge on any atom is -0.441 e.